The number of aromatic nitrogens is 2. The molecule has 0 radical (unpaired) electrons. The molecule has 1 aliphatic carbocycles. The Hall–Kier alpha value is -2.80. The van der Waals surface area contributed by atoms with Gasteiger partial charge in [0.15, 0.2) is 0 Å². The average molecular weight is 458 g/mol. The van der Waals surface area contributed by atoms with Crippen molar-refractivity contribution in [3.8, 4) is 5.75 Å². The number of aryl methyl sites for hydroxylation is 1. The first-order valence-corrected chi connectivity index (χ1v) is 10.1. The normalized spacial score (nSPS) is 13.4. The number of methoxy groups -OCH3 is 2. The third kappa shape index (κ3) is 4.29. The molecular weight excluding hydrogens is 434 g/mol. The van der Waals surface area contributed by atoms with Crippen LogP contribution >= 0.6 is 15.9 Å². The summed E-state index contributed by atoms with van der Waals surface area (Å²) in [5.74, 6) is 0.871. The quantitative estimate of drug-likeness (QED) is 0.569. The van der Waals surface area contributed by atoms with Crippen molar-refractivity contribution >= 4 is 39.1 Å². The lowest BCUT2D eigenvalue weighted by Crippen LogP contribution is -2.10. The molecule has 0 fully saturated rings. The molecule has 29 heavy (non-hydrogen) atoms. The van der Waals surface area contributed by atoms with Crippen LogP contribution in [0.2, 0.25) is 0 Å². The molecule has 0 spiro atoms. The number of halogens is 1. The van der Waals surface area contributed by atoms with Crippen molar-refractivity contribution < 1.29 is 14.3 Å². The van der Waals surface area contributed by atoms with Crippen LogP contribution < -0.4 is 10.1 Å². The minimum absolute atomic E-state index is 0.381. The molecule has 6 nitrogen and oxygen atoms in total. The minimum atomic E-state index is -0.447. The van der Waals surface area contributed by atoms with E-state index in [1.165, 1.54) is 12.7 Å². The lowest BCUT2D eigenvalue weighted by Gasteiger charge is -2.17. The maximum absolute atomic E-state index is 12.3. The van der Waals surface area contributed by atoms with Gasteiger partial charge in [-0.1, -0.05) is 31.2 Å². The average Bonchev–Trinajstić information content (AvgIpc) is 2.92. The highest BCUT2D eigenvalue weighted by Gasteiger charge is 2.21. The topological polar surface area (TPSA) is 65.4 Å². The van der Waals surface area contributed by atoms with Crippen molar-refractivity contribution in [3.63, 3.8) is 0 Å². The van der Waals surface area contributed by atoms with E-state index in [-0.39, 0.29) is 0 Å². The zero-order valence-corrected chi connectivity index (χ0v) is 18.5. The Balaban J connectivity index is 2.10. The fourth-order valence-corrected chi connectivity index (χ4v) is 3.48. The molecule has 0 saturated carbocycles. The van der Waals surface area contributed by atoms with Crippen molar-refractivity contribution in [2.45, 2.75) is 26.7 Å². The summed E-state index contributed by atoms with van der Waals surface area (Å²) in [6, 6.07) is 5.24. The molecule has 1 aromatic heterocycles. The van der Waals surface area contributed by atoms with E-state index >= 15 is 0 Å². The number of nitrogens with one attached hydrogen (secondary N) is 1. The lowest BCUT2D eigenvalue weighted by molar-refractivity contribution is 0.0601. The fraction of sp³-hybridized carbons (Fsp3) is 0.273. The first-order chi connectivity index (χ1) is 14.0. The van der Waals surface area contributed by atoms with Gasteiger partial charge >= 0.3 is 5.97 Å². The Morgan fingerprint density at radius 1 is 1.34 bits per heavy atom. The second-order valence-electron chi connectivity index (χ2n) is 6.49. The van der Waals surface area contributed by atoms with Crippen molar-refractivity contribution in [2.24, 2.45) is 0 Å². The number of benzene rings is 1. The number of esters is 1. The van der Waals surface area contributed by atoms with Gasteiger partial charge in [0.2, 0.25) is 0 Å². The maximum atomic E-state index is 12.3. The first-order valence-electron chi connectivity index (χ1n) is 9.35. The van der Waals surface area contributed by atoms with Crippen molar-refractivity contribution in [1.82, 2.24) is 9.78 Å². The van der Waals surface area contributed by atoms with Gasteiger partial charge in [0, 0.05) is 0 Å². The van der Waals surface area contributed by atoms with Gasteiger partial charge in [0.05, 0.1) is 41.3 Å². The Labute approximate surface area is 179 Å². The van der Waals surface area contributed by atoms with E-state index in [4.69, 9.17) is 14.6 Å². The second kappa shape index (κ2) is 9.13. The van der Waals surface area contributed by atoms with Gasteiger partial charge < -0.3 is 14.8 Å². The highest BCUT2D eigenvalue weighted by molar-refractivity contribution is 9.10. The Bertz CT molecular complexity index is 1020. The molecule has 3 rings (SSSR count). The highest BCUT2D eigenvalue weighted by Crippen LogP contribution is 2.36. The predicted octanol–water partition coefficient (Wildman–Crippen LogP) is 5.63. The van der Waals surface area contributed by atoms with E-state index < -0.39 is 5.97 Å². The molecule has 0 saturated heterocycles. The predicted molar refractivity (Wildman–Crippen MR) is 119 cm³/mol. The number of rotatable bonds is 6. The van der Waals surface area contributed by atoms with E-state index in [0.29, 0.717) is 17.0 Å². The monoisotopic (exact) mass is 457 g/mol. The molecule has 0 unspecified atom stereocenters. The second-order valence-corrected chi connectivity index (χ2v) is 7.28. The van der Waals surface area contributed by atoms with Crippen LogP contribution in [0, 0.1) is 6.92 Å². The number of carbonyl (C=O) groups excluding carboxylic acids is 1. The molecule has 0 aliphatic heterocycles. The summed E-state index contributed by atoms with van der Waals surface area (Å²) < 4.78 is 12.9. The SMILES string of the molecule is CCC1=CC=CCC=C1n1nc(C)c(Br)c1Nc1ccc(OC)cc1C(=O)OC. The molecule has 0 amide bonds. The Kier molecular flexibility index (Phi) is 6.59. The standard InChI is InChI=1S/C22H24BrN3O3/c1-5-15-9-7-6-8-10-19(15)26-21(20(23)14(2)25-26)24-18-12-11-16(28-3)13-17(18)22(27)29-4/h6-7,9-13,24H,5,8H2,1-4H3. The fourth-order valence-electron chi connectivity index (χ4n) is 3.14. The molecule has 0 atom stereocenters. The van der Waals surface area contributed by atoms with E-state index in [1.54, 1.807) is 25.3 Å². The van der Waals surface area contributed by atoms with Crippen LogP contribution in [0.1, 0.15) is 35.8 Å². The highest BCUT2D eigenvalue weighted by atomic mass is 79.9. The first kappa shape index (κ1) is 20.9. The van der Waals surface area contributed by atoms with E-state index in [0.717, 1.165) is 34.5 Å². The van der Waals surface area contributed by atoms with Crippen LogP contribution in [-0.2, 0) is 4.74 Å². The Morgan fingerprint density at radius 3 is 2.83 bits per heavy atom. The zero-order chi connectivity index (χ0) is 21.0. The summed E-state index contributed by atoms with van der Waals surface area (Å²) in [5, 5.41) is 8.10. The van der Waals surface area contributed by atoms with Crippen LogP contribution in [0.25, 0.3) is 5.70 Å². The van der Waals surface area contributed by atoms with Gasteiger partial charge in [-0.25, -0.2) is 9.48 Å². The number of allylic oxidation sites excluding steroid dienone is 6. The number of ether oxygens (including phenoxy) is 2. The largest absolute Gasteiger partial charge is 0.497 e. The molecule has 152 valence electrons. The van der Waals surface area contributed by atoms with Gasteiger partial charge in [0.1, 0.15) is 11.6 Å². The van der Waals surface area contributed by atoms with Crippen LogP contribution in [-0.4, -0.2) is 30.0 Å². The van der Waals surface area contributed by atoms with E-state index in [9.17, 15) is 4.79 Å². The maximum Gasteiger partial charge on any atom is 0.340 e. The number of carbonyl (C=O) groups is 1. The summed E-state index contributed by atoms with van der Waals surface area (Å²) in [7, 11) is 2.92. The van der Waals surface area contributed by atoms with Crippen LogP contribution in [0.4, 0.5) is 11.5 Å². The van der Waals surface area contributed by atoms with E-state index in [1.807, 2.05) is 11.6 Å². The summed E-state index contributed by atoms with van der Waals surface area (Å²) in [6.07, 6.45) is 10.1. The molecule has 1 heterocycles. The van der Waals surface area contributed by atoms with Gasteiger partial charge in [-0.05, 0) is 59.5 Å². The van der Waals surface area contributed by atoms with Crippen molar-refractivity contribution in [1.29, 1.82) is 0 Å². The molecule has 1 N–H and O–H groups in total. The van der Waals surface area contributed by atoms with Gasteiger partial charge in [0.25, 0.3) is 0 Å². The minimum Gasteiger partial charge on any atom is -0.497 e. The Morgan fingerprint density at radius 2 is 2.14 bits per heavy atom. The third-order valence-electron chi connectivity index (χ3n) is 4.69. The van der Waals surface area contributed by atoms with Crippen molar-refractivity contribution in [3.05, 3.63) is 63.8 Å². The van der Waals surface area contributed by atoms with Gasteiger partial charge in [-0.3, -0.25) is 0 Å². The number of nitrogens with zero attached hydrogens (tertiary/aromatic N) is 2. The van der Waals surface area contributed by atoms with Crippen molar-refractivity contribution in [2.75, 3.05) is 19.5 Å². The number of anilines is 2. The summed E-state index contributed by atoms with van der Waals surface area (Å²) in [4.78, 5) is 12.3. The molecule has 1 aliphatic rings. The van der Waals surface area contributed by atoms with Crippen LogP contribution in [0.5, 0.6) is 5.75 Å². The van der Waals surface area contributed by atoms with Gasteiger partial charge in [-0.2, -0.15) is 5.10 Å². The smallest absolute Gasteiger partial charge is 0.340 e. The molecule has 7 heteroatoms. The van der Waals surface area contributed by atoms with E-state index in [2.05, 4.69) is 52.5 Å². The third-order valence-corrected chi connectivity index (χ3v) is 5.64. The van der Waals surface area contributed by atoms with Crippen LogP contribution in [0.3, 0.4) is 0 Å². The number of hydrogen-bond acceptors (Lipinski definition) is 5. The summed E-state index contributed by atoms with van der Waals surface area (Å²) in [6.45, 7) is 4.06. The number of hydrogen-bond donors (Lipinski definition) is 1. The molecule has 2 aromatic rings. The van der Waals surface area contributed by atoms with Gasteiger partial charge in [-0.15, -0.1) is 0 Å². The lowest BCUT2D eigenvalue weighted by atomic mass is 10.1. The molecular formula is C22H24BrN3O3. The summed E-state index contributed by atoms with van der Waals surface area (Å²) >= 11 is 3.64. The molecule has 1 aromatic carbocycles. The van der Waals surface area contributed by atoms with Crippen LogP contribution in [0.15, 0.2) is 52.5 Å². The molecule has 0 bridgehead atoms. The summed E-state index contributed by atoms with van der Waals surface area (Å²) in [5.41, 5.74) is 4.02. The zero-order valence-electron chi connectivity index (χ0n) is 17.0.